The van der Waals surface area contributed by atoms with Gasteiger partial charge in [0.25, 0.3) is 0 Å². The van der Waals surface area contributed by atoms with E-state index in [9.17, 15) is 0 Å². The molecule has 1 atom stereocenters. The SMILES string of the molecule is C=CC(C)(C)OC(C)(C)[C@H]1COc2cc(Br)ccc2O1. The first-order valence-electron chi connectivity index (χ1n) is 6.66. The molecule has 20 heavy (non-hydrogen) atoms. The molecule has 110 valence electrons. The Balaban J connectivity index is 2.15. The lowest BCUT2D eigenvalue weighted by molar-refractivity contribution is -0.158. The molecule has 0 spiro atoms. The molecule has 3 nitrogen and oxygen atoms in total. The van der Waals surface area contributed by atoms with Crippen LogP contribution in [0.4, 0.5) is 0 Å². The van der Waals surface area contributed by atoms with Crippen molar-refractivity contribution in [3.05, 3.63) is 35.3 Å². The third kappa shape index (κ3) is 3.36. The van der Waals surface area contributed by atoms with Crippen molar-refractivity contribution < 1.29 is 14.2 Å². The zero-order valence-electron chi connectivity index (χ0n) is 12.4. The monoisotopic (exact) mass is 340 g/mol. The first-order chi connectivity index (χ1) is 9.23. The molecule has 0 unspecified atom stereocenters. The van der Waals surface area contributed by atoms with Crippen LogP contribution in [-0.2, 0) is 4.74 Å². The van der Waals surface area contributed by atoms with E-state index in [1.807, 2.05) is 45.9 Å². The van der Waals surface area contributed by atoms with Gasteiger partial charge in [-0.15, -0.1) is 6.58 Å². The Bertz CT molecular complexity index is 508. The minimum absolute atomic E-state index is 0.171. The van der Waals surface area contributed by atoms with Gasteiger partial charge in [0.15, 0.2) is 17.6 Å². The predicted molar refractivity (Wildman–Crippen MR) is 83.5 cm³/mol. The second-order valence-electron chi connectivity index (χ2n) is 6.02. The van der Waals surface area contributed by atoms with Crippen molar-refractivity contribution in [2.45, 2.75) is 45.0 Å². The zero-order chi connectivity index (χ0) is 15.0. The van der Waals surface area contributed by atoms with Crippen molar-refractivity contribution in [3.8, 4) is 11.5 Å². The van der Waals surface area contributed by atoms with Crippen LogP contribution >= 0.6 is 15.9 Å². The van der Waals surface area contributed by atoms with Crippen LogP contribution in [-0.4, -0.2) is 23.9 Å². The third-order valence-corrected chi connectivity index (χ3v) is 3.85. The van der Waals surface area contributed by atoms with Gasteiger partial charge in [0.2, 0.25) is 0 Å². The molecular weight excluding hydrogens is 320 g/mol. The van der Waals surface area contributed by atoms with E-state index in [0.717, 1.165) is 16.0 Å². The largest absolute Gasteiger partial charge is 0.486 e. The van der Waals surface area contributed by atoms with E-state index in [1.54, 1.807) is 6.08 Å². The van der Waals surface area contributed by atoms with E-state index in [4.69, 9.17) is 14.2 Å². The van der Waals surface area contributed by atoms with Crippen molar-refractivity contribution in [1.29, 1.82) is 0 Å². The maximum Gasteiger partial charge on any atom is 0.162 e. The molecule has 1 aliphatic heterocycles. The van der Waals surface area contributed by atoms with Gasteiger partial charge in [-0.1, -0.05) is 22.0 Å². The topological polar surface area (TPSA) is 27.7 Å². The summed E-state index contributed by atoms with van der Waals surface area (Å²) in [4.78, 5) is 0. The molecule has 1 aromatic carbocycles. The minimum atomic E-state index is -0.484. The van der Waals surface area contributed by atoms with Crippen molar-refractivity contribution in [2.75, 3.05) is 6.61 Å². The van der Waals surface area contributed by atoms with Crippen LogP contribution in [0.25, 0.3) is 0 Å². The van der Waals surface area contributed by atoms with E-state index in [-0.39, 0.29) is 6.10 Å². The van der Waals surface area contributed by atoms with E-state index in [0.29, 0.717) is 6.61 Å². The molecule has 2 rings (SSSR count). The molecule has 0 fully saturated rings. The van der Waals surface area contributed by atoms with Gasteiger partial charge in [-0.2, -0.15) is 0 Å². The molecule has 0 bridgehead atoms. The van der Waals surface area contributed by atoms with Gasteiger partial charge in [0.05, 0.1) is 5.60 Å². The lowest BCUT2D eigenvalue weighted by Gasteiger charge is -2.41. The maximum atomic E-state index is 6.12. The van der Waals surface area contributed by atoms with Crippen LogP contribution in [0.3, 0.4) is 0 Å². The summed E-state index contributed by atoms with van der Waals surface area (Å²) in [5, 5.41) is 0. The lowest BCUT2D eigenvalue weighted by atomic mass is 9.98. The highest BCUT2D eigenvalue weighted by atomic mass is 79.9. The van der Waals surface area contributed by atoms with E-state index in [1.165, 1.54) is 0 Å². The molecule has 1 aromatic rings. The summed E-state index contributed by atoms with van der Waals surface area (Å²) >= 11 is 3.42. The summed E-state index contributed by atoms with van der Waals surface area (Å²) in [5.41, 5.74) is -0.894. The second-order valence-corrected chi connectivity index (χ2v) is 6.94. The summed E-state index contributed by atoms with van der Waals surface area (Å²) in [6.07, 6.45) is 1.62. The first kappa shape index (κ1) is 15.4. The van der Waals surface area contributed by atoms with E-state index < -0.39 is 11.2 Å². The quantitative estimate of drug-likeness (QED) is 0.762. The molecule has 1 aliphatic rings. The Kier molecular flexibility index (Phi) is 4.17. The summed E-state index contributed by atoms with van der Waals surface area (Å²) in [7, 11) is 0. The first-order valence-corrected chi connectivity index (χ1v) is 7.45. The number of hydrogen-bond donors (Lipinski definition) is 0. The Morgan fingerprint density at radius 1 is 1.30 bits per heavy atom. The molecule has 0 N–H and O–H groups in total. The number of fused-ring (bicyclic) bond motifs is 1. The molecule has 0 aromatic heterocycles. The van der Waals surface area contributed by atoms with Crippen LogP contribution in [0.1, 0.15) is 27.7 Å². The summed E-state index contributed by atoms with van der Waals surface area (Å²) in [5.74, 6) is 1.51. The van der Waals surface area contributed by atoms with Gasteiger partial charge in [0, 0.05) is 4.47 Å². The van der Waals surface area contributed by atoms with Gasteiger partial charge < -0.3 is 14.2 Å². The maximum absolute atomic E-state index is 6.12. The Hall–Kier alpha value is -1.00. The highest BCUT2D eigenvalue weighted by Crippen LogP contribution is 2.37. The standard InChI is InChI=1S/C16H21BrO3/c1-6-15(2,3)20-16(4,5)14-10-18-13-9-11(17)7-8-12(13)19-14/h6-9,14H,1,10H2,2-5H3/t14-/m1/s1. The molecule has 0 aliphatic carbocycles. The lowest BCUT2D eigenvalue weighted by Crippen LogP contribution is -2.51. The predicted octanol–water partition coefficient (Wildman–Crippen LogP) is 4.35. The highest BCUT2D eigenvalue weighted by molar-refractivity contribution is 9.10. The molecular formula is C16H21BrO3. The fourth-order valence-electron chi connectivity index (χ4n) is 2.17. The summed E-state index contributed by atoms with van der Waals surface area (Å²) in [6, 6.07) is 5.75. The van der Waals surface area contributed by atoms with Crippen molar-refractivity contribution in [2.24, 2.45) is 0 Å². The van der Waals surface area contributed by atoms with Crippen LogP contribution in [0.15, 0.2) is 35.3 Å². The number of ether oxygens (including phenoxy) is 3. The molecule has 0 amide bonds. The fourth-order valence-corrected chi connectivity index (χ4v) is 2.51. The Morgan fingerprint density at radius 3 is 2.65 bits per heavy atom. The average molecular weight is 341 g/mol. The second kappa shape index (κ2) is 5.41. The van der Waals surface area contributed by atoms with Gasteiger partial charge in [-0.3, -0.25) is 0 Å². The van der Waals surface area contributed by atoms with E-state index in [2.05, 4.69) is 22.5 Å². The Labute approximate surface area is 129 Å². The van der Waals surface area contributed by atoms with Crippen molar-refractivity contribution in [1.82, 2.24) is 0 Å². The van der Waals surface area contributed by atoms with Gasteiger partial charge >= 0.3 is 0 Å². The van der Waals surface area contributed by atoms with Gasteiger partial charge in [-0.05, 0) is 45.9 Å². The molecule has 0 radical (unpaired) electrons. The normalized spacial score (nSPS) is 18.8. The van der Waals surface area contributed by atoms with Crippen LogP contribution in [0, 0.1) is 0 Å². The molecule has 0 saturated carbocycles. The zero-order valence-corrected chi connectivity index (χ0v) is 14.0. The highest BCUT2D eigenvalue weighted by Gasteiger charge is 2.39. The number of hydrogen-bond acceptors (Lipinski definition) is 3. The molecule has 4 heteroatoms. The third-order valence-electron chi connectivity index (χ3n) is 3.36. The number of benzene rings is 1. The molecule has 0 saturated heterocycles. The van der Waals surface area contributed by atoms with Gasteiger partial charge in [-0.25, -0.2) is 0 Å². The van der Waals surface area contributed by atoms with Gasteiger partial charge in [0.1, 0.15) is 12.2 Å². The van der Waals surface area contributed by atoms with Crippen molar-refractivity contribution >= 4 is 15.9 Å². The number of rotatable bonds is 4. The van der Waals surface area contributed by atoms with Crippen molar-refractivity contribution in [3.63, 3.8) is 0 Å². The van der Waals surface area contributed by atoms with Crippen LogP contribution in [0.2, 0.25) is 0 Å². The summed E-state index contributed by atoms with van der Waals surface area (Å²) in [6.45, 7) is 12.3. The Morgan fingerprint density at radius 2 is 2.00 bits per heavy atom. The molecule has 1 heterocycles. The smallest absolute Gasteiger partial charge is 0.162 e. The summed E-state index contributed by atoms with van der Waals surface area (Å²) < 4.78 is 18.9. The fraction of sp³-hybridized carbons (Fsp3) is 0.500. The van der Waals surface area contributed by atoms with Crippen LogP contribution in [0.5, 0.6) is 11.5 Å². The number of halogens is 1. The minimum Gasteiger partial charge on any atom is -0.486 e. The van der Waals surface area contributed by atoms with E-state index >= 15 is 0 Å². The van der Waals surface area contributed by atoms with Crippen LogP contribution < -0.4 is 9.47 Å². The average Bonchev–Trinajstić information content (AvgIpc) is 2.37.